The van der Waals surface area contributed by atoms with Gasteiger partial charge >= 0.3 is 0 Å². The summed E-state index contributed by atoms with van der Waals surface area (Å²) in [6.45, 7) is 1.71. The third kappa shape index (κ3) is 3.16. The van der Waals surface area contributed by atoms with Crippen molar-refractivity contribution in [3.8, 4) is 11.3 Å². The minimum atomic E-state index is 0.0370. The number of halogens is 1. The fourth-order valence-corrected chi connectivity index (χ4v) is 4.09. The Morgan fingerprint density at radius 2 is 1.90 bits per heavy atom. The van der Waals surface area contributed by atoms with Crippen molar-refractivity contribution in [2.75, 3.05) is 13.1 Å². The molecule has 29 heavy (non-hydrogen) atoms. The Kier molecular flexibility index (Phi) is 4.51. The van der Waals surface area contributed by atoms with E-state index in [2.05, 4.69) is 21.0 Å². The highest BCUT2D eigenvalue weighted by Crippen LogP contribution is 2.36. The predicted molar refractivity (Wildman–Crippen MR) is 112 cm³/mol. The molecule has 0 radical (unpaired) electrons. The SMILES string of the molecule is O=C(Cn1nc(C2=C=CC=C2)c2c(Cl)c(-c3ccccc3)nnc21)N1CCCC1. The fraction of sp³-hybridized carbons (Fsp3) is 0.227. The van der Waals surface area contributed by atoms with Crippen LogP contribution in [0.15, 0.2) is 54.3 Å². The number of hydrogen-bond donors (Lipinski definition) is 0. The van der Waals surface area contributed by atoms with E-state index in [0.717, 1.165) is 37.1 Å². The lowest BCUT2D eigenvalue weighted by molar-refractivity contribution is -0.130. The first-order valence-electron chi connectivity index (χ1n) is 9.62. The monoisotopic (exact) mass is 403 g/mol. The zero-order chi connectivity index (χ0) is 19.8. The van der Waals surface area contributed by atoms with Crippen LogP contribution in [0.5, 0.6) is 0 Å². The lowest BCUT2D eigenvalue weighted by Crippen LogP contribution is -2.31. The molecule has 2 aromatic heterocycles. The number of hydrogen-bond acceptors (Lipinski definition) is 4. The second-order valence-corrected chi connectivity index (χ2v) is 7.48. The first-order valence-corrected chi connectivity index (χ1v) is 10.00. The van der Waals surface area contributed by atoms with Crippen LogP contribution in [0.4, 0.5) is 0 Å². The molecule has 1 saturated heterocycles. The number of rotatable bonds is 4. The minimum absolute atomic E-state index is 0.0370. The van der Waals surface area contributed by atoms with Crippen LogP contribution in [0, 0.1) is 0 Å². The van der Waals surface area contributed by atoms with Gasteiger partial charge in [-0.15, -0.1) is 15.9 Å². The fourth-order valence-electron chi connectivity index (χ4n) is 3.77. The van der Waals surface area contributed by atoms with Crippen LogP contribution in [0.2, 0.25) is 5.02 Å². The number of benzene rings is 1. The summed E-state index contributed by atoms with van der Waals surface area (Å²) >= 11 is 6.81. The molecule has 0 saturated carbocycles. The van der Waals surface area contributed by atoms with Crippen molar-refractivity contribution in [1.82, 2.24) is 24.9 Å². The van der Waals surface area contributed by atoms with Crippen LogP contribution in [0.25, 0.3) is 27.9 Å². The van der Waals surface area contributed by atoms with Gasteiger partial charge in [0.25, 0.3) is 0 Å². The molecular formula is C22H18ClN5O. The van der Waals surface area contributed by atoms with E-state index in [0.29, 0.717) is 27.4 Å². The van der Waals surface area contributed by atoms with Crippen molar-refractivity contribution in [1.29, 1.82) is 0 Å². The van der Waals surface area contributed by atoms with Crippen molar-refractivity contribution >= 4 is 34.1 Å². The largest absolute Gasteiger partial charge is 0.341 e. The number of aromatic nitrogens is 4. The van der Waals surface area contributed by atoms with Gasteiger partial charge in [-0.05, 0) is 25.0 Å². The summed E-state index contributed by atoms with van der Waals surface area (Å²) in [5.41, 5.74) is 6.64. The molecule has 0 N–H and O–H groups in total. The number of likely N-dealkylation sites (tertiary alicyclic amines) is 1. The molecule has 1 amide bonds. The van der Waals surface area contributed by atoms with Gasteiger partial charge in [-0.1, -0.05) is 48.0 Å². The highest BCUT2D eigenvalue weighted by Gasteiger charge is 2.25. The van der Waals surface area contributed by atoms with E-state index >= 15 is 0 Å². The lowest BCUT2D eigenvalue weighted by Gasteiger charge is -2.15. The third-order valence-corrected chi connectivity index (χ3v) is 5.61. The Balaban J connectivity index is 1.65. The Hall–Kier alpha value is -3.21. The molecule has 1 fully saturated rings. The van der Waals surface area contributed by atoms with Gasteiger partial charge in [-0.25, -0.2) is 4.68 Å². The van der Waals surface area contributed by atoms with Crippen molar-refractivity contribution in [2.24, 2.45) is 0 Å². The van der Waals surface area contributed by atoms with E-state index in [1.54, 1.807) is 4.68 Å². The van der Waals surface area contributed by atoms with Gasteiger partial charge in [0.15, 0.2) is 5.65 Å². The Bertz CT molecular complexity index is 1200. The molecule has 0 bridgehead atoms. The van der Waals surface area contributed by atoms with E-state index in [1.165, 1.54) is 0 Å². The second kappa shape index (κ2) is 7.32. The molecule has 0 atom stereocenters. The zero-order valence-corrected chi connectivity index (χ0v) is 16.4. The van der Waals surface area contributed by atoms with E-state index in [4.69, 9.17) is 11.6 Å². The molecule has 0 unspecified atom stereocenters. The van der Waals surface area contributed by atoms with Gasteiger partial charge in [-0.2, -0.15) is 5.10 Å². The highest BCUT2D eigenvalue weighted by molar-refractivity contribution is 6.38. The van der Waals surface area contributed by atoms with Crippen LogP contribution in [-0.4, -0.2) is 43.9 Å². The van der Waals surface area contributed by atoms with Gasteiger partial charge in [0.05, 0.1) is 10.4 Å². The van der Waals surface area contributed by atoms with Crippen LogP contribution < -0.4 is 0 Å². The molecule has 6 nitrogen and oxygen atoms in total. The van der Waals surface area contributed by atoms with Crippen LogP contribution >= 0.6 is 11.6 Å². The smallest absolute Gasteiger partial charge is 0.244 e. The summed E-state index contributed by atoms with van der Waals surface area (Å²) in [5, 5.41) is 14.6. The molecule has 5 rings (SSSR count). The lowest BCUT2D eigenvalue weighted by atomic mass is 10.1. The maximum absolute atomic E-state index is 12.7. The van der Waals surface area contributed by atoms with E-state index in [9.17, 15) is 4.79 Å². The number of carbonyl (C=O) groups is 1. The summed E-state index contributed by atoms with van der Waals surface area (Å²) in [4.78, 5) is 14.6. The summed E-state index contributed by atoms with van der Waals surface area (Å²) in [6.07, 6.45) is 7.75. The summed E-state index contributed by atoms with van der Waals surface area (Å²) in [6, 6.07) is 9.69. The van der Waals surface area contributed by atoms with E-state index < -0.39 is 0 Å². The van der Waals surface area contributed by atoms with Gasteiger partial charge in [0.2, 0.25) is 5.91 Å². The van der Waals surface area contributed by atoms with Gasteiger partial charge in [0.1, 0.15) is 17.9 Å². The topological polar surface area (TPSA) is 63.9 Å². The van der Waals surface area contributed by atoms with Crippen molar-refractivity contribution in [3.05, 3.63) is 65.0 Å². The molecule has 2 aliphatic rings. The van der Waals surface area contributed by atoms with E-state index in [1.807, 2.05) is 53.5 Å². The summed E-state index contributed by atoms with van der Waals surface area (Å²) in [5.74, 6) is 0.0370. The molecule has 1 aliphatic heterocycles. The molecule has 3 aromatic rings. The molecule has 1 aromatic carbocycles. The Morgan fingerprint density at radius 1 is 1.10 bits per heavy atom. The number of carbonyl (C=O) groups excluding carboxylic acids is 1. The highest BCUT2D eigenvalue weighted by atomic mass is 35.5. The summed E-state index contributed by atoms with van der Waals surface area (Å²) < 4.78 is 1.61. The maximum atomic E-state index is 12.7. The average Bonchev–Trinajstić information content (AvgIpc) is 3.50. The Morgan fingerprint density at radius 3 is 2.62 bits per heavy atom. The van der Waals surface area contributed by atoms with E-state index in [-0.39, 0.29) is 12.5 Å². The van der Waals surface area contributed by atoms with Crippen LogP contribution in [0.3, 0.4) is 0 Å². The van der Waals surface area contributed by atoms with Gasteiger partial charge in [0, 0.05) is 24.2 Å². The van der Waals surface area contributed by atoms with Crippen molar-refractivity contribution in [2.45, 2.75) is 19.4 Å². The number of allylic oxidation sites excluding steroid dienone is 3. The first-order chi connectivity index (χ1) is 14.2. The Labute approximate surface area is 172 Å². The standard InChI is InChI=1S/C22H18ClN5O/c23-19-18-20(15-10-4-5-11-15)26-28(14-17(29)27-12-6-7-13-27)22(18)25-24-21(19)16-8-2-1-3-9-16/h1-5,8-10H,6-7,12-14H2. The average molecular weight is 404 g/mol. The van der Waals surface area contributed by atoms with Gasteiger partial charge in [-0.3, -0.25) is 4.79 Å². The first kappa shape index (κ1) is 17.9. The molecule has 0 spiro atoms. The van der Waals surface area contributed by atoms with Crippen molar-refractivity contribution in [3.63, 3.8) is 0 Å². The second-order valence-electron chi connectivity index (χ2n) is 7.11. The number of fused-ring (bicyclic) bond motifs is 1. The molecule has 7 heteroatoms. The summed E-state index contributed by atoms with van der Waals surface area (Å²) in [7, 11) is 0. The molecule has 1 aliphatic carbocycles. The molecule has 3 heterocycles. The number of nitrogens with zero attached hydrogens (tertiary/aromatic N) is 5. The van der Waals surface area contributed by atoms with Crippen LogP contribution in [-0.2, 0) is 11.3 Å². The van der Waals surface area contributed by atoms with Gasteiger partial charge < -0.3 is 4.90 Å². The molecular weight excluding hydrogens is 386 g/mol. The molecule has 144 valence electrons. The third-order valence-electron chi connectivity index (χ3n) is 5.24. The normalized spacial score (nSPS) is 15.5. The van der Waals surface area contributed by atoms with Crippen LogP contribution in [0.1, 0.15) is 18.5 Å². The zero-order valence-electron chi connectivity index (χ0n) is 15.7. The maximum Gasteiger partial charge on any atom is 0.244 e. The van der Waals surface area contributed by atoms with Crippen molar-refractivity contribution < 1.29 is 4.79 Å². The minimum Gasteiger partial charge on any atom is -0.341 e. The quantitative estimate of drug-likeness (QED) is 0.620. The predicted octanol–water partition coefficient (Wildman–Crippen LogP) is 3.88. The number of amides is 1.